The summed E-state index contributed by atoms with van der Waals surface area (Å²) in [6.07, 6.45) is 0. The van der Waals surface area contributed by atoms with Gasteiger partial charge in [0.1, 0.15) is 11.2 Å². The molecule has 0 aliphatic rings. The highest BCUT2D eigenvalue weighted by molar-refractivity contribution is 6.15. The van der Waals surface area contributed by atoms with Gasteiger partial charge in [0, 0.05) is 32.8 Å². The van der Waals surface area contributed by atoms with Crippen molar-refractivity contribution in [1.82, 2.24) is 15.0 Å². The molecule has 0 N–H and O–H groups in total. The summed E-state index contributed by atoms with van der Waals surface area (Å²) in [6.45, 7) is 0. The minimum atomic E-state index is 0.613. The molecule has 0 atom stereocenters. The van der Waals surface area contributed by atoms with Crippen LogP contribution in [-0.2, 0) is 0 Å². The Morgan fingerprint density at radius 3 is 1.47 bits per heavy atom. The number of benzene rings is 8. The summed E-state index contributed by atoms with van der Waals surface area (Å²) in [5.41, 5.74) is 11.2. The molecule has 2 heterocycles. The van der Waals surface area contributed by atoms with Crippen LogP contribution in [0.25, 0.3) is 100 Å². The van der Waals surface area contributed by atoms with Crippen LogP contribution in [0.4, 0.5) is 0 Å². The van der Waals surface area contributed by atoms with Gasteiger partial charge in [0.2, 0.25) is 0 Å². The second-order valence-electron chi connectivity index (χ2n) is 13.3. The van der Waals surface area contributed by atoms with Crippen LogP contribution in [0, 0.1) is 0 Å². The number of aromatic nitrogens is 3. The highest BCUT2D eigenvalue weighted by Gasteiger charge is 2.16. The zero-order valence-corrected chi connectivity index (χ0v) is 28.6. The largest absolute Gasteiger partial charge is 0.455 e. The van der Waals surface area contributed by atoms with E-state index in [0.717, 1.165) is 82.8 Å². The van der Waals surface area contributed by atoms with Crippen molar-refractivity contribution in [3.05, 3.63) is 188 Å². The van der Waals surface area contributed by atoms with Crippen molar-refractivity contribution in [2.24, 2.45) is 0 Å². The smallest absolute Gasteiger partial charge is 0.164 e. The van der Waals surface area contributed by atoms with Crippen LogP contribution in [0.15, 0.2) is 192 Å². The molecule has 2 aromatic heterocycles. The fourth-order valence-electron chi connectivity index (χ4n) is 7.22. The third-order valence-corrected chi connectivity index (χ3v) is 9.89. The molecule has 4 heteroatoms. The third kappa shape index (κ3) is 5.73. The third-order valence-electron chi connectivity index (χ3n) is 9.89. The lowest BCUT2D eigenvalue weighted by atomic mass is 9.95. The lowest BCUT2D eigenvalue weighted by molar-refractivity contribution is 0.672. The van der Waals surface area contributed by atoms with Crippen LogP contribution in [0.1, 0.15) is 0 Å². The Morgan fingerprint density at radius 1 is 0.283 bits per heavy atom. The maximum absolute atomic E-state index is 6.41. The predicted molar refractivity (Wildman–Crippen MR) is 217 cm³/mol. The molecule has 0 aliphatic heterocycles. The summed E-state index contributed by atoms with van der Waals surface area (Å²) < 4.78 is 6.41. The molecule has 0 radical (unpaired) electrons. The normalized spacial score (nSPS) is 11.4. The number of hydrogen-bond donors (Lipinski definition) is 0. The number of rotatable bonds is 6. The van der Waals surface area contributed by atoms with Crippen molar-refractivity contribution in [1.29, 1.82) is 0 Å². The molecule has 0 aliphatic carbocycles. The number of nitrogens with zero attached hydrogens (tertiary/aromatic N) is 3. The van der Waals surface area contributed by atoms with E-state index >= 15 is 0 Å². The minimum absolute atomic E-state index is 0.613. The molecule has 248 valence electrons. The van der Waals surface area contributed by atoms with Crippen LogP contribution in [0.3, 0.4) is 0 Å². The van der Waals surface area contributed by atoms with E-state index in [2.05, 4.69) is 133 Å². The Morgan fingerprint density at radius 2 is 0.774 bits per heavy atom. The van der Waals surface area contributed by atoms with E-state index in [9.17, 15) is 0 Å². The zero-order chi connectivity index (χ0) is 35.1. The monoisotopic (exact) mass is 677 g/mol. The van der Waals surface area contributed by atoms with E-state index < -0.39 is 0 Å². The van der Waals surface area contributed by atoms with Gasteiger partial charge in [-0.3, -0.25) is 0 Å². The maximum Gasteiger partial charge on any atom is 0.164 e. The predicted octanol–water partition coefficient (Wildman–Crippen LogP) is 12.9. The molecule has 0 saturated heterocycles. The molecule has 53 heavy (non-hydrogen) atoms. The zero-order valence-electron chi connectivity index (χ0n) is 28.6. The molecule has 0 spiro atoms. The summed E-state index contributed by atoms with van der Waals surface area (Å²) in [5, 5.41) is 4.47. The Labute approximate surface area is 306 Å². The second-order valence-corrected chi connectivity index (χ2v) is 13.3. The van der Waals surface area contributed by atoms with Gasteiger partial charge in [0.15, 0.2) is 17.5 Å². The van der Waals surface area contributed by atoms with Gasteiger partial charge in [-0.25, -0.2) is 15.0 Å². The first kappa shape index (κ1) is 30.6. The van der Waals surface area contributed by atoms with Crippen LogP contribution in [0.5, 0.6) is 0 Å². The lowest BCUT2D eigenvalue weighted by Gasteiger charge is -2.13. The van der Waals surface area contributed by atoms with Crippen LogP contribution >= 0.6 is 0 Å². The van der Waals surface area contributed by atoms with Gasteiger partial charge >= 0.3 is 0 Å². The number of hydrogen-bond acceptors (Lipinski definition) is 4. The van der Waals surface area contributed by atoms with Crippen molar-refractivity contribution in [2.75, 3.05) is 0 Å². The van der Waals surface area contributed by atoms with Gasteiger partial charge in [0.25, 0.3) is 0 Å². The van der Waals surface area contributed by atoms with Gasteiger partial charge in [-0.15, -0.1) is 0 Å². The van der Waals surface area contributed by atoms with E-state index in [0.29, 0.717) is 17.5 Å². The Hall–Kier alpha value is -7.17. The van der Waals surface area contributed by atoms with Crippen molar-refractivity contribution in [3.8, 4) is 67.5 Å². The van der Waals surface area contributed by atoms with Crippen LogP contribution in [-0.4, -0.2) is 15.0 Å². The molecule has 4 nitrogen and oxygen atoms in total. The first-order valence-electron chi connectivity index (χ1n) is 17.8. The molecule has 8 aromatic carbocycles. The van der Waals surface area contributed by atoms with E-state index in [1.165, 1.54) is 0 Å². The Bertz CT molecular complexity index is 2880. The molecule has 0 saturated carbocycles. The molecular formula is C49H31N3O. The SMILES string of the molecule is c1ccc(-c2cc(-c3ccccc3)cc(-c3nc(-c4ccccc4)nc(-c4cccc(-c5ccc6ccc7c8ccccc8oc7c6c5)c4)n3)c2)cc1. The second kappa shape index (κ2) is 12.9. The van der Waals surface area contributed by atoms with E-state index in [1.807, 2.05) is 54.6 Å². The highest BCUT2D eigenvalue weighted by Crippen LogP contribution is 2.37. The Kier molecular flexibility index (Phi) is 7.43. The van der Waals surface area contributed by atoms with Gasteiger partial charge in [0.05, 0.1) is 0 Å². The topological polar surface area (TPSA) is 51.8 Å². The molecule has 0 bridgehead atoms. The first-order chi connectivity index (χ1) is 26.2. The number of furan rings is 1. The van der Waals surface area contributed by atoms with Crippen molar-refractivity contribution in [2.45, 2.75) is 0 Å². The molecule has 10 aromatic rings. The Balaban J connectivity index is 1.13. The van der Waals surface area contributed by atoms with Gasteiger partial charge in [-0.1, -0.05) is 146 Å². The minimum Gasteiger partial charge on any atom is -0.455 e. The fraction of sp³-hybridized carbons (Fsp3) is 0. The van der Waals surface area contributed by atoms with Crippen molar-refractivity contribution < 1.29 is 4.42 Å². The average Bonchev–Trinajstić information content (AvgIpc) is 3.64. The highest BCUT2D eigenvalue weighted by atomic mass is 16.3. The first-order valence-corrected chi connectivity index (χ1v) is 17.8. The molecule has 10 rings (SSSR count). The number of fused-ring (bicyclic) bond motifs is 5. The average molecular weight is 678 g/mol. The molecule has 0 fully saturated rings. The standard InChI is InChI=1S/C49H31N3O/c1-4-13-32(14-5-1)39-28-40(33-15-6-2-7-16-33)30-41(29-39)49-51-47(35-17-8-3-9-18-35)50-48(52-49)38-20-12-19-36(27-38)37-24-23-34-25-26-43-42-21-10-11-22-45(42)53-46(43)44(34)31-37/h1-31H. The summed E-state index contributed by atoms with van der Waals surface area (Å²) >= 11 is 0. The lowest BCUT2D eigenvalue weighted by Crippen LogP contribution is -2.00. The molecular weight excluding hydrogens is 647 g/mol. The van der Waals surface area contributed by atoms with E-state index in [-0.39, 0.29) is 0 Å². The van der Waals surface area contributed by atoms with Crippen LogP contribution in [0.2, 0.25) is 0 Å². The van der Waals surface area contributed by atoms with Gasteiger partial charge in [-0.05, 0) is 81.2 Å². The molecule has 0 unspecified atom stereocenters. The van der Waals surface area contributed by atoms with Crippen molar-refractivity contribution in [3.63, 3.8) is 0 Å². The van der Waals surface area contributed by atoms with Gasteiger partial charge in [-0.2, -0.15) is 0 Å². The maximum atomic E-state index is 6.41. The fourth-order valence-corrected chi connectivity index (χ4v) is 7.22. The van der Waals surface area contributed by atoms with Gasteiger partial charge < -0.3 is 4.42 Å². The summed E-state index contributed by atoms with van der Waals surface area (Å²) in [5.74, 6) is 1.86. The summed E-state index contributed by atoms with van der Waals surface area (Å²) in [7, 11) is 0. The van der Waals surface area contributed by atoms with E-state index in [1.54, 1.807) is 0 Å². The van der Waals surface area contributed by atoms with E-state index in [4.69, 9.17) is 19.4 Å². The number of para-hydroxylation sites is 1. The molecule has 0 amide bonds. The quantitative estimate of drug-likeness (QED) is 0.176. The summed E-state index contributed by atoms with van der Waals surface area (Å²) in [6, 6.07) is 65.2. The van der Waals surface area contributed by atoms with Crippen LogP contribution < -0.4 is 0 Å². The summed E-state index contributed by atoms with van der Waals surface area (Å²) in [4.78, 5) is 15.4. The van der Waals surface area contributed by atoms with Crippen molar-refractivity contribution >= 4 is 32.7 Å².